The fourth-order valence-corrected chi connectivity index (χ4v) is 2.10. The number of nitrogens with zero attached hydrogens (tertiary/aromatic N) is 1. The first-order valence-electron chi connectivity index (χ1n) is 6.54. The summed E-state index contributed by atoms with van der Waals surface area (Å²) < 4.78 is 5.70. The van der Waals surface area contributed by atoms with Crippen molar-refractivity contribution in [3.05, 3.63) is 59.9 Å². The van der Waals surface area contributed by atoms with Crippen molar-refractivity contribution < 1.29 is 4.74 Å². The monoisotopic (exact) mass is 256 g/mol. The largest absolute Gasteiger partial charge is 0.489 e. The number of ether oxygens (including phenoxy) is 1. The van der Waals surface area contributed by atoms with Gasteiger partial charge in [0.05, 0.1) is 18.3 Å². The second kappa shape index (κ2) is 6.34. The number of benzene rings is 1. The molecule has 0 saturated carbocycles. The highest BCUT2D eigenvalue weighted by Gasteiger charge is 2.13. The van der Waals surface area contributed by atoms with E-state index in [1.165, 1.54) is 5.56 Å². The van der Waals surface area contributed by atoms with E-state index in [4.69, 9.17) is 4.74 Å². The van der Waals surface area contributed by atoms with Crippen LogP contribution in [0.2, 0.25) is 0 Å². The lowest BCUT2D eigenvalue weighted by Crippen LogP contribution is -2.18. The van der Waals surface area contributed by atoms with Crippen LogP contribution < -0.4 is 10.1 Å². The van der Waals surface area contributed by atoms with Crippen LogP contribution in [0.5, 0.6) is 5.75 Å². The smallest absolute Gasteiger partial charge is 0.138 e. The second-order valence-corrected chi connectivity index (χ2v) is 4.75. The molecule has 1 heterocycles. The zero-order valence-corrected chi connectivity index (χ0v) is 11.6. The highest BCUT2D eigenvalue weighted by molar-refractivity contribution is 5.34. The van der Waals surface area contributed by atoms with E-state index in [-0.39, 0.29) is 12.1 Å². The molecule has 0 aliphatic carbocycles. The molecule has 1 atom stereocenters. The summed E-state index contributed by atoms with van der Waals surface area (Å²) in [4.78, 5) is 4.27. The van der Waals surface area contributed by atoms with Crippen LogP contribution in [0.1, 0.15) is 31.0 Å². The van der Waals surface area contributed by atoms with Crippen LogP contribution in [-0.4, -0.2) is 18.1 Å². The van der Waals surface area contributed by atoms with Gasteiger partial charge in [0.2, 0.25) is 0 Å². The molecule has 0 saturated heterocycles. The van der Waals surface area contributed by atoms with E-state index in [1.807, 2.05) is 51.4 Å². The molecule has 0 aliphatic rings. The van der Waals surface area contributed by atoms with Gasteiger partial charge in [-0.3, -0.25) is 4.98 Å². The minimum atomic E-state index is 0.129. The van der Waals surface area contributed by atoms with E-state index in [9.17, 15) is 0 Å². The minimum Gasteiger partial charge on any atom is -0.489 e. The molecule has 3 heteroatoms. The van der Waals surface area contributed by atoms with Crippen LogP contribution >= 0.6 is 0 Å². The summed E-state index contributed by atoms with van der Waals surface area (Å²) >= 11 is 0. The van der Waals surface area contributed by atoms with Crippen LogP contribution in [0.4, 0.5) is 0 Å². The van der Waals surface area contributed by atoms with Crippen LogP contribution in [0.25, 0.3) is 0 Å². The molecule has 1 unspecified atom stereocenters. The third-order valence-corrected chi connectivity index (χ3v) is 2.86. The van der Waals surface area contributed by atoms with Crippen molar-refractivity contribution in [3.63, 3.8) is 0 Å². The Labute approximate surface area is 114 Å². The van der Waals surface area contributed by atoms with Crippen molar-refractivity contribution in [1.29, 1.82) is 0 Å². The van der Waals surface area contributed by atoms with Crippen molar-refractivity contribution in [2.45, 2.75) is 26.0 Å². The maximum Gasteiger partial charge on any atom is 0.138 e. The van der Waals surface area contributed by atoms with Gasteiger partial charge in [-0.05, 0) is 38.1 Å². The van der Waals surface area contributed by atoms with Crippen LogP contribution in [0, 0.1) is 0 Å². The van der Waals surface area contributed by atoms with Gasteiger partial charge >= 0.3 is 0 Å². The average Bonchev–Trinajstić information content (AvgIpc) is 2.40. The zero-order chi connectivity index (χ0) is 13.7. The van der Waals surface area contributed by atoms with Gasteiger partial charge in [-0.25, -0.2) is 0 Å². The molecule has 1 aromatic carbocycles. The normalized spacial score (nSPS) is 12.4. The first-order chi connectivity index (χ1) is 9.20. The molecule has 2 rings (SSSR count). The lowest BCUT2D eigenvalue weighted by atomic mass is 10.0. The molecule has 0 bridgehead atoms. The Morgan fingerprint density at radius 1 is 1.05 bits per heavy atom. The fraction of sp³-hybridized carbons (Fsp3) is 0.312. The summed E-state index contributed by atoms with van der Waals surface area (Å²) in [5.74, 6) is 0.809. The molecule has 0 radical (unpaired) electrons. The van der Waals surface area contributed by atoms with Crippen molar-refractivity contribution in [2.24, 2.45) is 0 Å². The molecular weight excluding hydrogens is 236 g/mol. The van der Waals surface area contributed by atoms with E-state index in [0.717, 1.165) is 11.3 Å². The SMILES string of the molecule is CNC(c1ccccc1)c1cncc(OC(C)C)c1. The maximum absolute atomic E-state index is 5.70. The van der Waals surface area contributed by atoms with Gasteiger partial charge in [0.1, 0.15) is 5.75 Å². The maximum atomic E-state index is 5.70. The molecule has 0 amide bonds. The average molecular weight is 256 g/mol. The van der Waals surface area contributed by atoms with E-state index in [2.05, 4.69) is 22.4 Å². The number of hydrogen-bond donors (Lipinski definition) is 1. The molecule has 0 fully saturated rings. The highest BCUT2D eigenvalue weighted by Crippen LogP contribution is 2.24. The number of nitrogens with one attached hydrogen (secondary N) is 1. The molecule has 19 heavy (non-hydrogen) atoms. The Hall–Kier alpha value is -1.87. The van der Waals surface area contributed by atoms with Crippen LogP contribution in [0.15, 0.2) is 48.8 Å². The molecule has 100 valence electrons. The van der Waals surface area contributed by atoms with Gasteiger partial charge in [0.15, 0.2) is 0 Å². The Kier molecular flexibility index (Phi) is 4.53. The highest BCUT2D eigenvalue weighted by atomic mass is 16.5. The van der Waals surface area contributed by atoms with Gasteiger partial charge in [-0.15, -0.1) is 0 Å². The van der Waals surface area contributed by atoms with E-state index < -0.39 is 0 Å². The molecule has 3 nitrogen and oxygen atoms in total. The minimum absolute atomic E-state index is 0.129. The molecule has 0 aliphatic heterocycles. The summed E-state index contributed by atoms with van der Waals surface area (Å²) in [7, 11) is 1.95. The van der Waals surface area contributed by atoms with Crippen molar-refractivity contribution >= 4 is 0 Å². The van der Waals surface area contributed by atoms with Gasteiger partial charge in [0, 0.05) is 6.20 Å². The predicted octanol–water partition coefficient (Wildman–Crippen LogP) is 3.18. The van der Waals surface area contributed by atoms with Gasteiger partial charge < -0.3 is 10.1 Å². The quantitative estimate of drug-likeness (QED) is 0.892. The standard InChI is InChI=1S/C16H20N2O/c1-12(2)19-15-9-14(10-18-11-15)16(17-3)13-7-5-4-6-8-13/h4-12,16-17H,1-3H3. The summed E-state index contributed by atoms with van der Waals surface area (Å²) in [6, 6.07) is 12.5. The summed E-state index contributed by atoms with van der Waals surface area (Å²) in [6.45, 7) is 4.03. The summed E-state index contributed by atoms with van der Waals surface area (Å²) in [6.07, 6.45) is 3.78. The Bertz CT molecular complexity index is 511. The molecule has 0 spiro atoms. The second-order valence-electron chi connectivity index (χ2n) is 4.75. The zero-order valence-electron chi connectivity index (χ0n) is 11.6. The summed E-state index contributed by atoms with van der Waals surface area (Å²) in [5.41, 5.74) is 2.32. The third kappa shape index (κ3) is 3.55. The Morgan fingerprint density at radius 2 is 1.79 bits per heavy atom. The van der Waals surface area contributed by atoms with E-state index in [1.54, 1.807) is 6.20 Å². The fourth-order valence-electron chi connectivity index (χ4n) is 2.10. The Morgan fingerprint density at radius 3 is 2.42 bits per heavy atom. The van der Waals surface area contributed by atoms with Crippen molar-refractivity contribution in [1.82, 2.24) is 10.3 Å². The van der Waals surface area contributed by atoms with Gasteiger partial charge in [0.25, 0.3) is 0 Å². The first kappa shape index (κ1) is 13.6. The Balaban J connectivity index is 2.28. The number of pyridine rings is 1. The summed E-state index contributed by atoms with van der Waals surface area (Å²) in [5, 5.41) is 3.32. The number of hydrogen-bond acceptors (Lipinski definition) is 3. The van der Waals surface area contributed by atoms with Crippen molar-refractivity contribution in [3.8, 4) is 5.75 Å². The lowest BCUT2D eigenvalue weighted by molar-refractivity contribution is 0.241. The van der Waals surface area contributed by atoms with E-state index in [0.29, 0.717) is 0 Å². The molecule has 1 N–H and O–H groups in total. The predicted molar refractivity (Wildman–Crippen MR) is 77.3 cm³/mol. The van der Waals surface area contributed by atoms with Crippen LogP contribution in [0.3, 0.4) is 0 Å². The molecule has 1 aromatic heterocycles. The topological polar surface area (TPSA) is 34.2 Å². The lowest BCUT2D eigenvalue weighted by Gasteiger charge is -2.18. The molecular formula is C16H20N2O. The number of rotatable bonds is 5. The molecule has 2 aromatic rings. The van der Waals surface area contributed by atoms with Crippen LogP contribution in [-0.2, 0) is 0 Å². The van der Waals surface area contributed by atoms with Crippen molar-refractivity contribution in [2.75, 3.05) is 7.05 Å². The third-order valence-electron chi connectivity index (χ3n) is 2.86. The van der Waals surface area contributed by atoms with Gasteiger partial charge in [-0.1, -0.05) is 30.3 Å². The van der Waals surface area contributed by atoms with E-state index >= 15 is 0 Å². The van der Waals surface area contributed by atoms with Gasteiger partial charge in [-0.2, -0.15) is 0 Å². The number of aromatic nitrogens is 1. The first-order valence-corrected chi connectivity index (χ1v) is 6.54.